The number of aliphatic hydroxyl groups is 2. The van der Waals surface area contributed by atoms with Crippen LogP contribution >= 0.6 is 0 Å². The summed E-state index contributed by atoms with van der Waals surface area (Å²) in [6, 6.07) is -19.8. The van der Waals surface area contributed by atoms with Crippen LogP contribution in [-0.4, -0.2) is 262 Å². The summed E-state index contributed by atoms with van der Waals surface area (Å²) in [6.07, 6.45) is 7.46. The van der Waals surface area contributed by atoms with Crippen molar-refractivity contribution in [2.45, 2.75) is 337 Å². The molecule has 1 aliphatic heterocycles. The van der Waals surface area contributed by atoms with E-state index in [1.54, 1.807) is 13.8 Å². The maximum Gasteiger partial charge on any atom is 0.248 e. The van der Waals surface area contributed by atoms with Crippen LogP contribution in [0.5, 0.6) is 0 Å². The Hall–Kier alpha value is -11.8. The lowest BCUT2D eigenvalue weighted by molar-refractivity contribution is -0.143. The van der Waals surface area contributed by atoms with Gasteiger partial charge in [0, 0.05) is 45.9 Å². The number of carbonyl (C=O) groups excluding carboxylic acids is 18. The number of aliphatic hydroxyl groups excluding tert-OH is 2. The number of guanidine groups is 3. The summed E-state index contributed by atoms with van der Waals surface area (Å²) < 4.78 is 0. The lowest BCUT2D eigenvalue weighted by Crippen LogP contribution is -2.65. The molecule has 1 heterocycles. The lowest BCUT2D eigenvalue weighted by atomic mass is 9.83. The third kappa shape index (κ3) is 40.9. The van der Waals surface area contributed by atoms with Crippen molar-refractivity contribution >= 4 is 124 Å². The summed E-state index contributed by atoms with van der Waals surface area (Å²) in [5, 5.41) is 54.6. The van der Waals surface area contributed by atoms with Gasteiger partial charge in [-0.15, -0.1) is 0 Å². The molecule has 3 aliphatic carbocycles. The van der Waals surface area contributed by atoms with Crippen LogP contribution in [0.1, 0.15) is 247 Å². The predicted octanol–water partition coefficient (Wildman–Crippen LogP) is -6.91. The second kappa shape index (κ2) is 56.6. The summed E-state index contributed by atoms with van der Waals surface area (Å²) in [5.74, 6) is -18.5. The highest BCUT2D eigenvalue weighted by atomic mass is 16.3. The normalized spacial score (nSPS) is 17.9. The van der Waals surface area contributed by atoms with Crippen LogP contribution in [0.25, 0.3) is 0 Å². The Morgan fingerprint density at radius 2 is 0.731 bits per heavy atom. The van der Waals surface area contributed by atoms with Gasteiger partial charge in [-0.2, -0.15) is 0 Å². The zero-order valence-corrected chi connectivity index (χ0v) is 75.9. The zero-order chi connectivity index (χ0) is 97.1. The molecule has 3 saturated carbocycles. The minimum atomic E-state index is -2.05. The maximum absolute atomic E-state index is 15.2. The summed E-state index contributed by atoms with van der Waals surface area (Å²) in [7, 11) is 0. The third-order valence-corrected chi connectivity index (χ3v) is 23.3. The zero-order valence-electron chi connectivity index (χ0n) is 75.9. The van der Waals surface area contributed by atoms with E-state index in [2.05, 4.69) is 84.1 Å². The van der Waals surface area contributed by atoms with Crippen LogP contribution in [0.4, 0.5) is 0 Å². The number of rotatable bonds is 57. The van der Waals surface area contributed by atoms with Crippen molar-refractivity contribution in [1.29, 1.82) is 0 Å². The summed E-state index contributed by atoms with van der Waals surface area (Å²) >= 11 is 0. The molecule has 0 aromatic rings. The van der Waals surface area contributed by atoms with E-state index in [-0.39, 0.29) is 132 Å². The van der Waals surface area contributed by atoms with Crippen molar-refractivity contribution in [3.63, 3.8) is 0 Å². The molecule has 14 atom stereocenters. The summed E-state index contributed by atoms with van der Waals surface area (Å²) in [5.41, 5.74) is 53.9. The first-order valence-corrected chi connectivity index (χ1v) is 45.1. The molecule has 732 valence electrons. The second-order valence-electron chi connectivity index (χ2n) is 35.3. The van der Waals surface area contributed by atoms with Crippen molar-refractivity contribution in [2.75, 3.05) is 32.8 Å². The molecule has 47 nitrogen and oxygen atoms in total. The van der Waals surface area contributed by atoms with E-state index in [1.807, 2.05) is 0 Å². The molecular formula is C83H145N27O20. The smallest absolute Gasteiger partial charge is 0.248 e. The van der Waals surface area contributed by atoms with Crippen LogP contribution in [0, 0.1) is 23.7 Å². The quantitative estimate of drug-likeness (QED) is 0.0153. The van der Waals surface area contributed by atoms with Gasteiger partial charge >= 0.3 is 0 Å². The number of hydrogen-bond acceptors (Lipinski definition) is 23. The topological polar surface area (TPSA) is 805 Å². The fraction of sp³-hybridized carbons (Fsp3) is 0.747. The van der Waals surface area contributed by atoms with Gasteiger partial charge in [-0.25, -0.2) is 0 Å². The number of nitrogens with one attached hydrogen (secondary N) is 13. The minimum absolute atomic E-state index is 0.00394. The second-order valence-corrected chi connectivity index (χ2v) is 35.3. The predicted molar refractivity (Wildman–Crippen MR) is 477 cm³/mol. The Kier molecular flexibility index (Phi) is 48.1. The van der Waals surface area contributed by atoms with E-state index in [0.29, 0.717) is 32.1 Å². The average molecular weight is 1840 g/mol. The molecule has 0 bridgehead atoms. The first-order chi connectivity index (χ1) is 61.3. The number of nitrogens with zero attached hydrogens (tertiary/aromatic N) is 4. The molecule has 4 fully saturated rings. The van der Waals surface area contributed by atoms with Gasteiger partial charge in [0.05, 0.1) is 19.1 Å². The van der Waals surface area contributed by atoms with Crippen LogP contribution in [0.15, 0.2) is 15.0 Å². The van der Waals surface area contributed by atoms with Gasteiger partial charge in [-0.1, -0.05) is 110 Å². The van der Waals surface area contributed by atoms with Gasteiger partial charge < -0.3 is 142 Å². The average Bonchev–Trinajstić information content (AvgIpc) is 1.58. The van der Waals surface area contributed by atoms with Gasteiger partial charge in [0.1, 0.15) is 84.1 Å². The van der Waals surface area contributed by atoms with Crippen LogP contribution < -0.4 is 126 Å². The number of aliphatic imine (C=N–C) groups is 3. The molecule has 0 radical (unpaired) electrons. The number of hydrogen-bond donors (Lipinski definition) is 25. The first-order valence-electron chi connectivity index (χ1n) is 45.1. The molecular weight excluding hydrogens is 1700 g/mol. The molecule has 0 spiro atoms. The molecule has 35 N–H and O–H groups in total. The Labute approximate surface area is 757 Å². The van der Waals surface area contributed by atoms with Crippen LogP contribution in [0.2, 0.25) is 0 Å². The molecule has 130 heavy (non-hydrogen) atoms. The number of likely N-dealkylation sites (tertiary alicyclic amines) is 1. The number of primary amides is 4. The van der Waals surface area contributed by atoms with E-state index >= 15 is 9.59 Å². The van der Waals surface area contributed by atoms with Gasteiger partial charge in [-0.05, 0) is 134 Å². The number of amides is 18. The Bertz CT molecular complexity index is 3930. The van der Waals surface area contributed by atoms with Crippen LogP contribution in [-0.2, 0) is 86.3 Å². The van der Waals surface area contributed by atoms with Crippen molar-refractivity contribution in [2.24, 2.45) is 96.0 Å². The van der Waals surface area contributed by atoms with Gasteiger partial charge in [-0.3, -0.25) is 101 Å². The van der Waals surface area contributed by atoms with Crippen LogP contribution in [0.3, 0.4) is 0 Å². The highest BCUT2D eigenvalue weighted by molar-refractivity contribution is 6.02. The van der Waals surface area contributed by atoms with Gasteiger partial charge in [0.15, 0.2) is 17.9 Å². The molecule has 4 rings (SSSR count). The third-order valence-electron chi connectivity index (χ3n) is 23.3. The highest BCUT2D eigenvalue weighted by Crippen LogP contribution is 2.31. The summed E-state index contributed by atoms with van der Waals surface area (Å²) in [4.78, 5) is 264. The standard InChI is InChI=1S/C83H145N27O20/c1-44(2)38-56(75(126)109-83(5,6)79(130)108-65(45(3)112)77(128)102-52(28-18-36-96-82(92)93)68(119)99-53(30-32-62(84)114)70(121)98-50(26-16-34-94-80(88)89)69(120)103-55(66(87)117)39-47-20-10-7-11-21-47)104-74(125)59(42-64(86)116)107-73(124)58(41-49-24-14-9-15-25-49)106-72(123)57(40-48-22-12-8-13-23-48)105-71(122)54(31-33-63(85)115)100-67(118)51(27-17-35-95-81(90)91)101-76(127)61-29-19-37-110(61)78(129)60(43-111)97-46(4)113/h44-45,47-61,65,111-112H,7-43H2,1-6H3,(H2,84,114)(H2,85,115)(H2,86,116)(H2,87,117)(H,97,113)(H,98,121)(H,99,119)(H,100,118)(H,101,127)(H,102,128)(H,103,120)(H,104,125)(H,105,122)(H,106,123)(H,107,124)(H,108,130)(H,109,126)(H4,88,89,94)(H4,90,91,95)(H4,92,93,96)/t45-,50+,51+,52+,53+,54+,55+,56+,57+,58+,59+,60+,61-,65+/m1/s1. The highest BCUT2D eigenvalue weighted by Gasteiger charge is 2.44. The molecule has 0 unspecified atom stereocenters. The molecule has 1 saturated heterocycles. The Morgan fingerprint density at radius 3 is 1.09 bits per heavy atom. The van der Waals surface area contributed by atoms with E-state index in [9.17, 15) is 86.9 Å². The first kappa shape index (κ1) is 111. The SMILES string of the molecule is CC(=O)N[C@@H](CO)C(=O)N1CCC[C@@H]1C(=O)N[C@@H](CCCN=C(N)N)C(=O)N[C@@H](CCC(N)=O)C(=O)N[C@@H](CC1CCCCC1)C(=O)N[C@@H](CC1CCCCC1)C(=O)N[C@@H](CC(N)=O)C(=O)N[C@@H](CC(C)C)C(=O)NC(C)(C)C(=O)N[C@H](C(=O)N[C@@H](CCCN=C(N)N)C(=O)N[C@@H](CCC(N)=O)C(=O)N[C@@H](CCCN=C(N)N)C(=O)N[C@@H](CC1CCCCC1)C(N)=O)[C@@H](C)O. The van der Waals surface area contributed by atoms with Gasteiger partial charge in [0.2, 0.25) is 106 Å². The van der Waals surface area contributed by atoms with Crippen molar-refractivity contribution < 1.29 is 96.5 Å². The molecule has 18 amide bonds. The fourth-order valence-corrected chi connectivity index (χ4v) is 16.3. The van der Waals surface area contributed by atoms with E-state index in [4.69, 9.17) is 57.3 Å². The molecule has 47 heteroatoms. The van der Waals surface area contributed by atoms with Gasteiger partial charge in [0.25, 0.3) is 0 Å². The van der Waals surface area contributed by atoms with Crippen molar-refractivity contribution in [3.05, 3.63) is 0 Å². The Balaban J connectivity index is 1.63. The molecule has 4 aliphatic rings. The van der Waals surface area contributed by atoms with E-state index < -0.39 is 241 Å². The lowest BCUT2D eigenvalue weighted by Gasteiger charge is -2.32. The van der Waals surface area contributed by atoms with Crippen molar-refractivity contribution in [1.82, 2.24) is 74.0 Å². The van der Waals surface area contributed by atoms with E-state index in [0.717, 1.165) is 84.5 Å². The Morgan fingerprint density at radius 1 is 0.385 bits per heavy atom. The summed E-state index contributed by atoms with van der Waals surface area (Å²) in [6.45, 7) is 7.22. The molecule has 0 aromatic heterocycles. The van der Waals surface area contributed by atoms with E-state index in [1.165, 1.54) is 18.7 Å². The number of nitrogens with two attached hydrogens (primary N) is 10. The minimum Gasteiger partial charge on any atom is -0.394 e. The molecule has 0 aromatic carbocycles. The largest absolute Gasteiger partial charge is 0.394 e. The monoisotopic (exact) mass is 1840 g/mol. The number of carbonyl (C=O) groups is 18. The van der Waals surface area contributed by atoms with Crippen molar-refractivity contribution in [3.8, 4) is 0 Å². The maximum atomic E-state index is 15.2. The fourth-order valence-electron chi connectivity index (χ4n) is 16.3.